The van der Waals surface area contributed by atoms with Crippen molar-refractivity contribution in [2.45, 2.75) is 163 Å². The van der Waals surface area contributed by atoms with Crippen LogP contribution >= 0.6 is 0 Å². The minimum Gasteiger partial charge on any atom is -0.390 e. The molecule has 14 atom stereocenters. The van der Waals surface area contributed by atoms with Crippen molar-refractivity contribution in [3.63, 3.8) is 0 Å². The van der Waals surface area contributed by atoms with Gasteiger partial charge in [0.25, 0.3) is 0 Å². The van der Waals surface area contributed by atoms with Gasteiger partial charge in [-0.2, -0.15) is 0 Å². The van der Waals surface area contributed by atoms with Crippen molar-refractivity contribution in [1.29, 1.82) is 0 Å². The monoisotopic (exact) mass is 1210 g/mol. The van der Waals surface area contributed by atoms with Crippen molar-refractivity contribution in [3.05, 3.63) is 237 Å². The number of benzene rings is 6. The molecule has 2 N–H and O–H groups in total. The number of sulfone groups is 3. The van der Waals surface area contributed by atoms with Gasteiger partial charge in [0.05, 0.1) is 55.2 Å². The summed E-state index contributed by atoms with van der Waals surface area (Å²) in [4.78, 5) is 0.740. The van der Waals surface area contributed by atoms with Gasteiger partial charge in [0.1, 0.15) is 12.2 Å². The van der Waals surface area contributed by atoms with Crippen LogP contribution in [0, 0.1) is 23.7 Å². The molecule has 0 amide bonds. The Hall–Kier alpha value is -5.59. The van der Waals surface area contributed by atoms with Gasteiger partial charge in [0, 0.05) is 36.5 Å². The van der Waals surface area contributed by atoms with Crippen molar-refractivity contribution >= 4 is 29.5 Å². The zero-order valence-electron chi connectivity index (χ0n) is 50.0. The third-order valence-corrected chi connectivity index (χ3v) is 25.5. The zero-order chi connectivity index (χ0) is 60.9. The molecule has 0 bridgehead atoms. The number of ether oxygens (including phenoxy) is 4. The van der Waals surface area contributed by atoms with Gasteiger partial charge in [0.2, 0.25) is 0 Å². The molecule has 0 aromatic heterocycles. The summed E-state index contributed by atoms with van der Waals surface area (Å²) < 4.78 is 107. The minimum absolute atomic E-state index is 0.162. The van der Waals surface area contributed by atoms with Crippen LogP contribution in [0.3, 0.4) is 0 Å². The summed E-state index contributed by atoms with van der Waals surface area (Å²) in [7, 11) is -10.6. The number of fused-ring (bicyclic) bond motifs is 2. The van der Waals surface area contributed by atoms with Crippen molar-refractivity contribution in [2.24, 2.45) is 23.7 Å². The van der Waals surface area contributed by atoms with E-state index in [0.29, 0.717) is 48.3 Å². The second-order valence-electron chi connectivity index (χ2n) is 24.7. The van der Waals surface area contributed by atoms with Crippen LogP contribution in [0.2, 0.25) is 0 Å². The highest BCUT2D eigenvalue weighted by Gasteiger charge is 2.57. The molecule has 4 saturated heterocycles. The van der Waals surface area contributed by atoms with E-state index in [1.54, 1.807) is 26.0 Å². The Morgan fingerprint density at radius 3 is 0.859 bits per heavy atom. The summed E-state index contributed by atoms with van der Waals surface area (Å²) in [5.74, 6) is -2.87. The highest BCUT2D eigenvalue weighted by molar-refractivity contribution is 7.99. The molecule has 12 nitrogen and oxygen atoms in total. The van der Waals surface area contributed by atoms with Gasteiger partial charge in [-0.25, -0.2) is 25.3 Å². The molecule has 0 radical (unpaired) electrons. The lowest BCUT2D eigenvalue weighted by molar-refractivity contribution is -0.153. The molecule has 15 heteroatoms. The predicted octanol–water partition coefficient (Wildman–Crippen LogP) is 11.2. The Balaban J connectivity index is 0.000000153. The molecule has 0 aliphatic carbocycles. The Labute approximate surface area is 505 Å². The minimum atomic E-state index is -3.61. The van der Waals surface area contributed by atoms with Crippen LogP contribution in [0.5, 0.6) is 0 Å². The van der Waals surface area contributed by atoms with E-state index in [1.165, 1.54) is 0 Å². The molecule has 14 unspecified atom stereocenters. The number of allylic oxidation sites excluding steroid dienone is 2. The topological polar surface area (TPSA) is 180 Å². The third kappa shape index (κ3) is 15.0. The maximum atomic E-state index is 14.0. The molecule has 454 valence electrons. The first-order valence-corrected chi connectivity index (χ1v) is 34.5. The number of aliphatic hydroxyl groups excluding tert-OH is 2. The number of aliphatic hydroxyl groups is 2. The van der Waals surface area contributed by atoms with Gasteiger partial charge in [-0.1, -0.05) is 210 Å². The summed E-state index contributed by atoms with van der Waals surface area (Å²) in [5, 5.41) is 18.8. The van der Waals surface area contributed by atoms with E-state index in [-0.39, 0.29) is 24.0 Å². The first-order valence-electron chi connectivity index (χ1n) is 29.8. The molecular formula is C70H84O12S3. The summed E-state index contributed by atoms with van der Waals surface area (Å²) in [6.07, 6.45) is 2.36. The maximum Gasteiger partial charge on any atom is 0.199 e. The van der Waals surface area contributed by atoms with E-state index in [4.69, 9.17) is 18.9 Å². The first kappa shape index (κ1) is 63.9. The van der Waals surface area contributed by atoms with Crippen molar-refractivity contribution in [1.82, 2.24) is 0 Å². The molecule has 0 saturated carbocycles. The molecule has 5 aliphatic heterocycles. The van der Waals surface area contributed by atoms with Gasteiger partial charge < -0.3 is 29.2 Å². The van der Waals surface area contributed by atoms with Gasteiger partial charge in [-0.15, -0.1) is 0 Å². The Morgan fingerprint density at radius 2 is 0.588 bits per heavy atom. The zero-order valence-corrected chi connectivity index (χ0v) is 52.5. The SMILES string of the molecule is CC1(C)OC2C=C(Cc3ccccc3)S(=O)(=O)C(Cc3ccccc3)=CC2O1.CC1C(O)C(O)C(C)C(Cc2ccccc2)S(=O)(=O)C1Cc1ccccc1.CC1C2OC(C)(C)OC2C(C)C(Cc2ccccc2)S(=O)(=O)C1Cc1ccccc1. The molecule has 85 heavy (non-hydrogen) atoms. The number of hydrogen-bond donors (Lipinski definition) is 2. The van der Waals surface area contributed by atoms with E-state index >= 15 is 0 Å². The predicted molar refractivity (Wildman–Crippen MR) is 335 cm³/mol. The van der Waals surface area contributed by atoms with E-state index in [0.717, 1.165) is 33.4 Å². The van der Waals surface area contributed by atoms with Crippen LogP contribution in [0.4, 0.5) is 0 Å². The average Bonchev–Trinajstić information content (AvgIpc) is 2.27. The van der Waals surface area contributed by atoms with Crippen molar-refractivity contribution in [2.75, 3.05) is 0 Å². The van der Waals surface area contributed by atoms with Crippen LogP contribution in [0.15, 0.2) is 204 Å². The van der Waals surface area contributed by atoms with Crippen molar-refractivity contribution < 1.29 is 54.4 Å². The lowest BCUT2D eigenvalue weighted by Gasteiger charge is -2.30. The van der Waals surface area contributed by atoms with E-state index in [9.17, 15) is 35.5 Å². The van der Waals surface area contributed by atoms with Crippen LogP contribution in [0.25, 0.3) is 0 Å². The van der Waals surface area contributed by atoms with Crippen molar-refractivity contribution in [3.8, 4) is 0 Å². The summed E-state index contributed by atoms with van der Waals surface area (Å²) in [6.45, 7) is 15.1. The first-order chi connectivity index (χ1) is 40.3. The van der Waals surface area contributed by atoms with Gasteiger partial charge in [0.15, 0.2) is 41.1 Å². The molecule has 4 fully saturated rings. The molecule has 0 spiro atoms. The fraction of sp³-hybridized carbons (Fsp3) is 0.429. The van der Waals surface area contributed by atoms with Crippen LogP contribution in [-0.2, 0) is 87.0 Å². The normalized spacial score (nSPS) is 31.2. The quantitative estimate of drug-likeness (QED) is 0.119. The van der Waals surface area contributed by atoms with E-state index in [1.807, 2.05) is 224 Å². The molecule has 6 aromatic carbocycles. The second kappa shape index (κ2) is 26.8. The summed E-state index contributed by atoms with van der Waals surface area (Å²) >= 11 is 0. The highest BCUT2D eigenvalue weighted by atomic mass is 32.2. The van der Waals surface area contributed by atoms with Crippen LogP contribution in [0.1, 0.15) is 88.8 Å². The maximum absolute atomic E-state index is 14.0. The molecule has 5 aliphatic rings. The average molecular weight is 1210 g/mol. The molecule has 11 rings (SSSR count). The molecule has 6 aromatic rings. The van der Waals surface area contributed by atoms with Crippen LogP contribution < -0.4 is 0 Å². The number of rotatable bonds is 12. The summed E-state index contributed by atoms with van der Waals surface area (Å²) in [6, 6.07) is 58.1. The Morgan fingerprint density at radius 1 is 0.353 bits per heavy atom. The van der Waals surface area contributed by atoms with Gasteiger partial charge in [-0.3, -0.25) is 0 Å². The number of hydrogen-bond acceptors (Lipinski definition) is 12. The molecule has 5 heterocycles. The fourth-order valence-corrected chi connectivity index (χ4v) is 20.3. The van der Waals surface area contributed by atoms with Gasteiger partial charge >= 0.3 is 0 Å². The Kier molecular flexibility index (Phi) is 20.1. The van der Waals surface area contributed by atoms with Gasteiger partial charge in [-0.05, 0) is 98.9 Å². The standard InChI is InChI=1S/C25H32O4S.C23H24O4S.C22H28O4S/c1-17-21(15-19-11-7-5-8-12-19)30(26,27)22(16-20-13-9-6-10-14-20)18(2)24-23(17)28-25(3,4)29-24;1-23(2)26-21-15-19(13-17-9-5-3-6-10-17)28(24,25)20(16-22(21)27-23)14-18-11-7-4-8-12-18;1-15-19(13-17-9-5-3-6-10-17)27(25,26)20(16(2)22(24)21(15)23)14-18-11-7-4-8-12-18/h5-14,17-18,21-24H,15-16H2,1-4H3;3-12,15-16,21-22H,13-14H2,1-2H3;3-12,15-16,19-24H,13-14H2,1-2H3. The van der Waals surface area contributed by atoms with E-state index < -0.39 is 98.3 Å². The summed E-state index contributed by atoms with van der Waals surface area (Å²) in [5.41, 5.74) is 5.84. The lowest BCUT2D eigenvalue weighted by Crippen LogP contribution is -2.42. The smallest absolute Gasteiger partial charge is 0.199 e. The Bertz CT molecular complexity index is 3330. The van der Waals surface area contributed by atoms with E-state index in [2.05, 4.69) is 0 Å². The fourth-order valence-electron chi connectivity index (χ4n) is 13.0. The second-order valence-corrected chi connectivity index (χ2v) is 31.6. The third-order valence-electron chi connectivity index (χ3n) is 17.8. The lowest BCUT2D eigenvalue weighted by atomic mass is 9.86. The largest absolute Gasteiger partial charge is 0.390 e. The molecular weight excluding hydrogens is 1130 g/mol. The highest BCUT2D eigenvalue weighted by Crippen LogP contribution is 2.46. The van der Waals surface area contributed by atoms with Crippen LogP contribution in [-0.4, -0.2) is 105 Å².